The lowest BCUT2D eigenvalue weighted by molar-refractivity contribution is 0.589. The lowest BCUT2D eigenvalue weighted by Gasteiger charge is -2.19. The monoisotopic (exact) mass is 418 g/mol. The molecule has 96 valence electrons. The van der Waals surface area contributed by atoms with Crippen LogP contribution in [0.25, 0.3) is 0 Å². The van der Waals surface area contributed by atoms with Crippen molar-refractivity contribution >= 4 is 38.5 Å². The van der Waals surface area contributed by atoms with E-state index < -0.39 is 0 Å². The highest BCUT2D eigenvalue weighted by molar-refractivity contribution is 14.1. The first-order valence-electron chi connectivity index (χ1n) is 5.84. The summed E-state index contributed by atoms with van der Waals surface area (Å²) in [5, 5.41) is 4.43. The van der Waals surface area contributed by atoms with E-state index in [9.17, 15) is 0 Å². The molecule has 0 N–H and O–H groups in total. The predicted octanol–water partition coefficient (Wildman–Crippen LogP) is 4.60. The summed E-state index contributed by atoms with van der Waals surface area (Å²) >= 11 is 5.70. The number of nitrogens with zero attached hydrogens (tertiary/aromatic N) is 2. The average Bonchev–Trinajstić information content (AvgIpc) is 2.57. The van der Waals surface area contributed by atoms with Crippen molar-refractivity contribution in [2.24, 2.45) is 0 Å². The summed E-state index contributed by atoms with van der Waals surface area (Å²) < 4.78 is 4.01. The number of halogens is 2. The molecule has 1 aromatic heterocycles. The molecule has 2 nitrogen and oxygen atoms in total. The Bertz CT molecular complexity index is 518. The molecule has 2 rings (SSSR count). The van der Waals surface area contributed by atoms with Crippen LogP contribution in [0.4, 0.5) is 0 Å². The molecular formula is C14H16BrIN2. The topological polar surface area (TPSA) is 17.8 Å². The molecule has 0 bridgehead atoms. The lowest BCUT2D eigenvalue weighted by Crippen LogP contribution is -2.11. The second-order valence-corrected chi connectivity index (χ2v) is 7.29. The average molecular weight is 419 g/mol. The van der Waals surface area contributed by atoms with Crippen LogP contribution in [-0.2, 0) is 12.0 Å². The molecule has 0 saturated carbocycles. The van der Waals surface area contributed by atoms with Crippen molar-refractivity contribution in [3.05, 3.63) is 49.8 Å². The largest absolute Gasteiger partial charge is 0.266 e. The molecule has 18 heavy (non-hydrogen) atoms. The quantitative estimate of drug-likeness (QED) is 0.652. The Morgan fingerprint density at radius 2 is 1.83 bits per heavy atom. The van der Waals surface area contributed by atoms with E-state index in [0.717, 1.165) is 14.7 Å². The van der Waals surface area contributed by atoms with Gasteiger partial charge in [-0.2, -0.15) is 5.10 Å². The van der Waals surface area contributed by atoms with Crippen LogP contribution < -0.4 is 0 Å². The standard InChI is InChI=1S/C14H16BrIN2/c1-14(2,3)11-6-4-10(5-7-11)8-18-9-12(15)13(16)17-18/h4-7,9H,8H2,1-3H3. The molecule has 0 aliphatic heterocycles. The fourth-order valence-electron chi connectivity index (χ4n) is 1.75. The number of hydrogen-bond donors (Lipinski definition) is 0. The van der Waals surface area contributed by atoms with Gasteiger partial charge in [0.1, 0.15) is 3.70 Å². The molecule has 0 amide bonds. The summed E-state index contributed by atoms with van der Waals surface area (Å²) in [5.41, 5.74) is 2.85. The third kappa shape index (κ3) is 3.35. The van der Waals surface area contributed by atoms with Crippen LogP contribution in [0.3, 0.4) is 0 Å². The molecule has 2 aromatic rings. The maximum absolute atomic E-state index is 4.43. The number of aromatic nitrogens is 2. The van der Waals surface area contributed by atoms with Crippen molar-refractivity contribution in [3.8, 4) is 0 Å². The van der Waals surface area contributed by atoms with E-state index in [4.69, 9.17) is 0 Å². The van der Waals surface area contributed by atoms with Crippen molar-refractivity contribution in [2.75, 3.05) is 0 Å². The normalized spacial score (nSPS) is 11.8. The summed E-state index contributed by atoms with van der Waals surface area (Å²) in [7, 11) is 0. The molecule has 1 heterocycles. The first-order chi connectivity index (χ1) is 8.36. The summed E-state index contributed by atoms with van der Waals surface area (Å²) in [5.74, 6) is 0. The smallest absolute Gasteiger partial charge is 0.137 e. The van der Waals surface area contributed by atoms with Gasteiger partial charge in [0.25, 0.3) is 0 Å². The molecular weight excluding hydrogens is 403 g/mol. The van der Waals surface area contributed by atoms with E-state index in [-0.39, 0.29) is 5.41 Å². The van der Waals surface area contributed by atoms with Gasteiger partial charge in [-0.05, 0) is 55.1 Å². The molecule has 0 radical (unpaired) electrons. The zero-order valence-electron chi connectivity index (χ0n) is 10.7. The van der Waals surface area contributed by atoms with E-state index in [0.29, 0.717) is 0 Å². The Balaban J connectivity index is 2.16. The number of benzene rings is 1. The van der Waals surface area contributed by atoms with E-state index in [2.05, 4.69) is 88.7 Å². The Morgan fingerprint density at radius 3 is 2.28 bits per heavy atom. The van der Waals surface area contributed by atoms with E-state index >= 15 is 0 Å². The van der Waals surface area contributed by atoms with Gasteiger partial charge < -0.3 is 0 Å². The second kappa shape index (κ2) is 5.33. The number of hydrogen-bond acceptors (Lipinski definition) is 1. The SMILES string of the molecule is CC(C)(C)c1ccc(Cn2cc(Br)c(I)n2)cc1. The summed E-state index contributed by atoms with van der Waals surface area (Å²) in [6.45, 7) is 7.50. The van der Waals surface area contributed by atoms with Crippen LogP contribution in [0.5, 0.6) is 0 Å². The highest BCUT2D eigenvalue weighted by atomic mass is 127. The van der Waals surface area contributed by atoms with E-state index in [1.807, 2.05) is 10.9 Å². The maximum Gasteiger partial charge on any atom is 0.137 e. The van der Waals surface area contributed by atoms with Gasteiger partial charge in [0.15, 0.2) is 0 Å². The lowest BCUT2D eigenvalue weighted by atomic mass is 9.87. The van der Waals surface area contributed by atoms with Gasteiger partial charge >= 0.3 is 0 Å². The molecule has 0 fully saturated rings. The Morgan fingerprint density at radius 1 is 1.22 bits per heavy atom. The fraction of sp³-hybridized carbons (Fsp3) is 0.357. The molecule has 1 aromatic carbocycles. The predicted molar refractivity (Wildman–Crippen MR) is 86.9 cm³/mol. The maximum atomic E-state index is 4.43. The molecule has 0 unspecified atom stereocenters. The highest BCUT2D eigenvalue weighted by Gasteiger charge is 2.13. The van der Waals surface area contributed by atoms with Crippen molar-refractivity contribution in [1.29, 1.82) is 0 Å². The molecule has 0 spiro atoms. The van der Waals surface area contributed by atoms with Gasteiger partial charge in [-0.25, -0.2) is 0 Å². The minimum Gasteiger partial charge on any atom is -0.266 e. The Kier molecular flexibility index (Phi) is 4.16. The van der Waals surface area contributed by atoms with Crippen molar-refractivity contribution in [2.45, 2.75) is 32.7 Å². The van der Waals surface area contributed by atoms with Gasteiger partial charge in [-0.3, -0.25) is 4.68 Å². The molecule has 0 aliphatic rings. The first-order valence-corrected chi connectivity index (χ1v) is 7.71. The molecule has 4 heteroatoms. The van der Waals surface area contributed by atoms with Gasteiger partial charge in [0, 0.05) is 6.20 Å². The van der Waals surface area contributed by atoms with Gasteiger partial charge in [0.2, 0.25) is 0 Å². The van der Waals surface area contributed by atoms with Crippen molar-refractivity contribution < 1.29 is 0 Å². The summed E-state index contributed by atoms with van der Waals surface area (Å²) in [4.78, 5) is 0. The zero-order chi connectivity index (χ0) is 13.3. The van der Waals surface area contributed by atoms with Crippen LogP contribution in [0, 0.1) is 3.70 Å². The minimum absolute atomic E-state index is 0.211. The minimum atomic E-state index is 0.211. The molecule has 0 saturated heterocycles. The molecule has 0 atom stereocenters. The highest BCUT2D eigenvalue weighted by Crippen LogP contribution is 2.23. The van der Waals surface area contributed by atoms with Gasteiger partial charge in [0.05, 0.1) is 11.0 Å². The van der Waals surface area contributed by atoms with Crippen LogP contribution in [0.15, 0.2) is 34.9 Å². The Labute approximate surface area is 130 Å². The number of rotatable bonds is 2. The van der Waals surface area contributed by atoms with Crippen LogP contribution in [0.2, 0.25) is 0 Å². The van der Waals surface area contributed by atoms with Crippen LogP contribution in [-0.4, -0.2) is 9.78 Å². The van der Waals surface area contributed by atoms with Crippen molar-refractivity contribution in [1.82, 2.24) is 9.78 Å². The Hall–Kier alpha value is -0.360. The van der Waals surface area contributed by atoms with E-state index in [1.54, 1.807) is 0 Å². The van der Waals surface area contributed by atoms with Gasteiger partial charge in [-0.1, -0.05) is 45.0 Å². The summed E-state index contributed by atoms with van der Waals surface area (Å²) in [6, 6.07) is 8.78. The van der Waals surface area contributed by atoms with Crippen molar-refractivity contribution in [3.63, 3.8) is 0 Å². The van der Waals surface area contributed by atoms with E-state index in [1.165, 1.54) is 11.1 Å². The zero-order valence-corrected chi connectivity index (χ0v) is 14.5. The molecule has 0 aliphatic carbocycles. The summed E-state index contributed by atoms with van der Waals surface area (Å²) in [6.07, 6.45) is 2.01. The second-order valence-electron chi connectivity index (χ2n) is 5.41. The van der Waals surface area contributed by atoms with Crippen LogP contribution in [0.1, 0.15) is 31.9 Å². The fourth-order valence-corrected chi connectivity index (χ4v) is 2.48. The van der Waals surface area contributed by atoms with Gasteiger partial charge in [-0.15, -0.1) is 0 Å². The first kappa shape index (κ1) is 14.1. The third-order valence-electron chi connectivity index (χ3n) is 2.84. The third-order valence-corrected chi connectivity index (χ3v) is 4.96. The van der Waals surface area contributed by atoms with Crippen LogP contribution >= 0.6 is 38.5 Å².